The van der Waals surface area contributed by atoms with E-state index in [2.05, 4.69) is 11.2 Å². The monoisotopic (exact) mass is 289 g/mol. The second-order valence-corrected chi connectivity index (χ2v) is 7.46. The normalized spacial score (nSPS) is 37.8. The molecule has 0 spiro atoms. The highest BCUT2D eigenvalue weighted by Gasteiger charge is 2.51. The first-order valence-corrected chi connectivity index (χ1v) is 7.95. The maximum atomic E-state index is 12.3. The van der Waals surface area contributed by atoms with Gasteiger partial charge in [0, 0.05) is 12.8 Å². The van der Waals surface area contributed by atoms with E-state index in [-0.39, 0.29) is 17.7 Å². The van der Waals surface area contributed by atoms with Gasteiger partial charge < -0.3 is 10.4 Å². The van der Waals surface area contributed by atoms with Crippen LogP contribution in [0.3, 0.4) is 0 Å². The van der Waals surface area contributed by atoms with Crippen LogP contribution in [0.15, 0.2) is 0 Å². The molecular formula is C17H23NO3. The lowest BCUT2D eigenvalue weighted by molar-refractivity contribution is -0.143. The molecule has 4 bridgehead atoms. The van der Waals surface area contributed by atoms with Crippen LogP contribution in [0.25, 0.3) is 0 Å². The molecule has 114 valence electrons. The molecule has 0 aromatic carbocycles. The lowest BCUT2D eigenvalue weighted by Gasteiger charge is -2.56. The van der Waals surface area contributed by atoms with Crippen molar-refractivity contribution < 1.29 is 14.7 Å². The van der Waals surface area contributed by atoms with Gasteiger partial charge in [-0.15, -0.1) is 12.3 Å². The average Bonchev–Trinajstić information content (AvgIpc) is 2.35. The van der Waals surface area contributed by atoms with Gasteiger partial charge in [0.1, 0.15) is 6.04 Å². The Balaban J connectivity index is 1.62. The van der Waals surface area contributed by atoms with Gasteiger partial charge in [0.05, 0.1) is 0 Å². The van der Waals surface area contributed by atoms with Gasteiger partial charge in [0.2, 0.25) is 5.91 Å². The van der Waals surface area contributed by atoms with E-state index in [9.17, 15) is 9.59 Å². The van der Waals surface area contributed by atoms with E-state index in [0.717, 1.165) is 37.0 Å². The fraction of sp³-hybridized carbons (Fsp3) is 0.765. The van der Waals surface area contributed by atoms with Crippen LogP contribution in [-0.2, 0) is 9.59 Å². The van der Waals surface area contributed by atoms with Crippen LogP contribution in [0.1, 0.15) is 51.4 Å². The Hall–Kier alpha value is -1.50. The summed E-state index contributed by atoms with van der Waals surface area (Å²) >= 11 is 0. The lowest BCUT2D eigenvalue weighted by Crippen LogP contribution is -2.49. The molecule has 4 rings (SSSR count). The number of carboxylic acids is 1. The molecule has 4 aliphatic carbocycles. The molecule has 0 radical (unpaired) electrons. The minimum atomic E-state index is -1.05. The summed E-state index contributed by atoms with van der Waals surface area (Å²) in [7, 11) is 0. The Morgan fingerprint density at radius 3 is 2.14 bits per heavy atom. The first-order chi connectivity index (χ1) is 9.99. The third-order valence-electron chi connectivity index (χ3n) is 5.66. The molecule has 21 heavy (non-hydrogen) atoms. The highest BCUT2D eigenvalue weighted by molar-refractivity contribution is 5.84. The molecule has 4 saturated carbocycles. The molecule has 0 aromatic heterocycles. The van der Waals surface area contributed by atoms with Gasteiger partial charge in [-0.3, -0.25) is 4.79 Å². The molecular weight excluding hydrogens is 266 g/mol. The maximum absolute atomic E-state index is 12.3. The molecule has 1 unspecified atom stereocenters. The average molecular weight is 289 g/mol. The summed E-state index contributed by atoms with van der Waals surface area (Å²) in [6.45, 7) is 0. The number of rotatable bonds is 5. The van der Waals surface area contributed by atoms with Crippen LogP contribution >= 0.6 is 0 Å². The van der Waals surface area contributed by atoms with Gasteiger partial charge in [0.15, 0.2) is 0 Å². The van der Waals surface area contributed by atoms with Crippen LogP contribution in [0, 0.1) is 35.5 Å². The summed E-state index contributed by atoms with van der Waals surface area (Å²) in [6.07, 6.45) is 13.2. The van der Waals surface area contributed by atoms with Crippen molar-refractivity contribution in [3.63, 3.8) is 0 Å². The van der Waals surface area contributed by atoms with E-state index in [1.807, 2.05) is 0 Å². The topological polar surface area (TPSA) is 66.4 Å². The molecule has 1 amide bonds. The highest BCUT2D eigenvalue weighted by atomic mass is 16.4. The molecule has 0 saturated heterocycles. The van der Waals surface area contributed by atoms with Crippen molar-refractivity contribution in [1.82, 2.24) is 5.32 Å². The van der Waals surface area contributed by atoms with Gasteiger partial charge in [0.25, 0.3) is 0 Å². The fourth-order valence-electron chi connectivity index (χ4n) is 5.41. The molecule has 2 N–H and O–H groups in total. The van der Waals surface area contributed by atoms with E-state index in [1.54, 1.807) is 0 Å². The van der Waals surface area contributed by atoms with Gasteiger partial charge in [-0.25, -0.2) is 4.79 Å². The predicted octanol–water partition coefficient (Wildman–Crippen LogP) is 2.19. The Morgan fingerprint density at radius 2 is 1.71 bits per heavy atom. The van der Waals surface area contributed by atoms with Crippen LogP contribution < -0.4 is 5.32 Å². The number of carbonyl (C=O) groups is 2. The number of hydrogen-bond acceptors (Lipinski definition) is 2. The molecule has 4 nitrogen and oxygen atoms in total. The standard InChI is InChI=1S/C17H23NO3/c1-2-3-14(16(20)21)18-15(19)10-17-7-11-4-12(8-17)6-13(5-11)9-17/h1,11-14H,3-10H2,(H,18,19)(H,20,21). The minimum Gasteiger partial charge on any atom is -0.480 e. The zero-order valence-corrected chi connectivity index (χ0v) is 12.3. The largest absolute Gasteiger partial charge is 0.480 e. The number of hydrogen-bond donors (Lipinski definition) is 2. The fourth-order valence-corrected chi connectivity index (χ4v) is 5.41. The van der Waals surface area contributed by atoms with Crippen molar-refractivity contribution in [2.24, 2.45) is 23.2 Å². The van der Waals surface area contributed by atoms with Gasteiger partial charge in [-0.2, -0.15) is 0 Å². The van der Waals surface area contributed by atoms with Crippen LogP contribution in [0.5, 0.6) is 0 Å². The highest BCUT2D eigenvalue weighted by Crippen LogP contribution is 2.61. The van der Waals surface area contributed by atoms with E-state index in [4.69, 9.17) is 11.5 Å². The number of carboxylic acid groups (broad SMARTS) is 1. The van der Waals surface area contributed by atoms with Crippen molar-refractivity contribution in [1.29, 1.82) is 0 Å². The second kappa shape index (κ2) is 5.36. The summed E-state index contributed by atoms with van der Waals surface area (Å²) in [4.78, 5) is 23.4. The molecule has 0 aliphatic heterocycles. The Kier molecular flexibility index (Phi) is 3.69. The number of nitrogens with one attached hydrogen (secondary N) is 1. The van der Waals surface area contributed by atoms with Crippen molar-refractivity contribution in [3.05, 3.63) is 0 Å². The van der Waals surface area contributed by atoms with E-state index < -0.39 is 12.0 Å². The van der Waals surface area contributed by atoms with Crippen molar-refractivity contribution >= 4 is 11.9 Å². The first-order valence-electron chi connectivity index (χ1n) is 7.95. The molecule has 1 atom stereocenters. The van der Waals surface area contributed by atoms with E-state index >= 15 is 0 Å². The van der Waals surface area contributed by atoms with Crippen molar-refractivity contribution in [3.8, 4) is 12.3 Å². The third-order valence-corrected chi connectivity index (χ3v) is 5.66. The van der Waals surface area contributed by atoms with Gasteiger partial charge >= 0.3 is 5.97 Å². The summed E-state index contributed by atoms with van der Waals surface area (Å²) in [5.41, 5.74) is 0.137. The second-order valence-electron chi connectivity index (χ2n) is 7.46. The van der Waals surface area contributed by atoms with Gasteiger partial charge in [-0.1, -0.05) is 0 Å². The van der Waals surface area contributed by atoms with E-state index in [1.165, 1.54) is 19.3 Å². The SMILES string of the molecule is C#CCC(NC(=O)CC12CC3CC(CC(C3)C1)C2)C(=O)O. The van der Waals surface area contributed by atoms with Crippen LogP contribution in [0.2, 0.25) is 0 Å². The number of terminal acetylenes is 1. The van der Waals surface area contributed by atoms with Gasteiger partial charge in [-0.05, 0) is 61.7 Å². The zero-order chi connectivity index (χ0) is 15.0. The number of amides is 1. The third kappa shape index (κ3) is 2.92. The smallest absolute Gasteiger partial charge is 0.327 e. The van der Waals surface area contributed by atoms with Crippen molar-refractivity contribution in [2.75, 3.05) is 0 Å². The molecule has 0 heterocycles. The Morgan fingerprint density at radius 1 is 1.19 bits per heavy atom. The molecule has 0 aromatic rings. The Bertz CT molecular complexity index is 455. The number of aliphatic carboxylic acids is 1. The zero-order valence-electron chi connectivity index (χ0n) is 12.3. The molecule has 4 aliphatic rings. The maximum Gasteiger partial charge on any atom is 0.327 e. The summed E-state index contributed by atoms with van der Waals surface area (Å²) in [5, 5.41) is 11.7. The van der Waals surface area contributed by atoms with Crippen LogP contribution in [0.4, 0.5) is 0 Å². The minimum absolute atomic E-state index is 0.0436. The van der Waals surface area contributed by atoms with Crippen molar-refractivity contribution in [2.45, 2.75) is 57.4 Å². The van der Waals surface area contributed by atoms with Crippen LogP contribution in [-0.4, -0.2) is 23.0 Å². The summed E-state index contributed by atoms with van der Waals surface area (Å²) in [5.74, 6) is 3.52. The quantitative estimate of drug-likeness (QED) is 0.762. The summed E-state index contributed by atoms with van der Waals surface area (Å²) in [6, 6.07) is -0.948. The molecule has 4 fully saturated rings. The predicted molar refractivity (Wildman–Crippen MR) is 78.2 cm³/mol. The molecule has 4 heteroatoms. The van der Waals surface area contributed by atoms with E-state index in [0.29, 0.717) is 6.42 Å². The lowest BCUT2D eigenvalue weighted by atomic mass is 9.49. The Labute approximate surface area is 125 Å². The number of carbonyl (C=O) groups excluding carboxylic acids is 1. The summed E-state index contributed by atoms with van der Waals surface area (Å²) < 4.78 is 0. The first kappa shape index (κ1) is 14.4.